The average molecular weight is 272 g/mol. The molecule has 0 spiro atoms. The summed E-state index contributed by atoms with van der Waals surface area (Å²) < 4.78 is 5.42. The molecular weight excluding hydrogens is 256 g/mol. The zero-order chi connectivity index (χ0) is 13.9. The third-order valence-electron chi connectivity index (χ3n) is 3.38. The lowest BCUT2D eigenvalue weighted by Gasteiger charge is -2.23. The molecule has 3 N–H and O–H groups in total. The van der Waals surface area contributed by atoms with Gasteiger partial charge in [-0.3, -0.25) is 4.79 Å². The largest absolute Gasteiger partial charge is 0.507 e. The highest BCUT2D eigenvalue weighted by Crippen LogP contribution is 2.29. The van der Waals surface area contributed by atoms with Crippen molar-refractivity contribution in [1.29, 1.82) is 0 Å². The van der Waals surface area contributed by atoms with Gasteiger partial charge in [0.1, 0.15) is 11.9 Å². The molecule has 5 nitrogen and oxygen atoms in total. The van der Waals surface area contributed by atoms with Crippen LogP contribution in [0.25, 0.3) is 10.8 Å². The summed E-state index contributed by atoms with van der Waals surface area (Å²) in [6.07, 6.45) is -0.476. The second-order valence-electron chi connectivity index (χ2n) is 4.73. The maximum absolute atomic E-state index is 12.2. The van der Waals surface area contributed by atoms with Gasteiger partial charge in [-0.05, 0) is 12.1 Å². The Bertz CT molecular complexity index is 636. The summed E-state index contributed by atoms with van der Waals surface area (Å²) in [6.45, 7) is 1.82. The van der Waals surface area contributed by atoms with Crippen LogP contribution < -0.4 is 10.6 Å². The molecule has 0 aliphatic carbocycles. The molecule has 0 bridgehead atoms. The molecule has 0 saturated carbocycles. The molecule has 1 aliphatic rings. The van der Waals surface area contributed by atoms with Crippen molar-refractivity contribution in [2.75, 3.05) is 25.0 Å². The first-order valence-corrected chi connectivity index (χ1v) is 6.59. The summed E-state index contributed by atoms with van der Waals surface area (Å²) in [5, 5.41) is 17.3. The van der Waals surface area contributed by atoms with Crippen molar-refractivity contribution >= 4 is 22.4 Å². The molecule has 20 heavy (non-hydrogen) atoms. The minimum atomic E-state index is -0.476. The van der Waals surface area contributed by atoms with Crippen LogP contribution in [-0.4, -0.2) is 36.8 Å². The minimum Gasteiger partial charge on any atom is -0.507 e. The number of carbonyl (C=O) groups is 1. The first-order chi connectivity index (χ1) is 9.75. The van der Waals surface area contributed by atoms with E-state index in [0.717, 1.165) is 11.9 Å². The van der Waals surface area contributed by atoms with Gasteiger partial charge >= 0.3 is 0 Å². The van der Waals surface area contributed by atoms with Crippen molar-refractivity contribution in [2.45, 2.75) is 6.10 Å². The van der Waals surface area contributed by atoms with E-state index in [1.807, 2.05) is 18.2 Å². The number of amides is 1. The predicted molar refractivity (Wildman–Crippen MR) is 76.9 cm³/mol. The van der Waals surface area contributed by atoms with Crippen LogP contribution in [0.5, 0.6) is 5.75 Å². The Morgan fingerprint density at radius 2 is 2.05 bits per heavy atom. The molecule has 1 saturated heterocycles. The number of rotatable bonds is 2. The zero-order valence-corrected chi connectivity index (χ0v) is 10.9. The number of phenols is 1. The third kappa shape index (κ3) is 2.45. The maximum Gasteiger partial charge on any atom is 0.254 e. The highest BCUT2D eigenvalue weighted by atomic mass is 16.5. The topological polar surface area (TPSA) is 70.6 Å². The quantitative estimate of drug-likeness (QED) is 0.774. The van der Waals surface area contributed by atoms with Crippen LogP contribution in [0.1, 0.15) is 0 Å². The number of fused-ring (bicyclic) bond motifs is 1. The fourth-order valence-corrected chi connectivity index (χ4v) is 2.35. The van der Waals surface area contributed by atoms with Gasteiger partial charge in [-0.2, -0.15) is 0 Å². The lowest BCUT2D eigenvalue weighted by Crippen LogP contribution is -2.45. The van der Waals surface area contributed by atoms with Crippen LogP contribution in [0, 0.1) is 0 Å². The molecule has 2 aromatic rings. The van der Waals surface area contributed by atoms with Gasteiger partial charge in [0.25, 0.3) is 5.91 Å². The van der Waals surface area contributed by atoms with Crippen LogP contribution in [0.2, 0.25) is 0 Å². The van der Waals surface area contributed by atoms with E-state index < -0.39 is 6.10 Å². The van der Waals surface area contributed by atoms with E-state index in [1.54, 1.807) is 18.2 Å². The van der Waals surface area contributed by atoms with Gasteiger partial charge in [0.05, 0.1) is 6.61 Å². The smallest absolute Gasteiger partial charge is 0.254 e. The first kappa shape index (κ1) is 12.9. The number of aromatic hydroxyl groups is 1. The first-order valence-electron chi connectivity index (χ1n) is 6.59. The molecule has 104 valence electrons. The summed E-state index contributed by atoms with van der Waals surface area (Å²) in [6, 6.07) is 10.7. The van der Waals surface area contributed by atoms with Gasteiger partial charge in [-0.25, -0.2) is 0 Å². The van der Waals surface area contributed by atoms with Gasteiger partial charge in [-0.15, -0.1) is 0 Å². The maximum atomic E-state index is 12.2. The molecule has 1 unspecified atom stereocenters. The van der Waals surface area contributed by atoms with E-state index in [-0.39, 0.29) is 11.7 Å². The molecule has 1 fully saturated rings. The number of carbonyl (C=O) groups excluding carboxylic acids is 1. The van der Waals surface area contributed by atoms with Crippen LogP contribution in [0.15, 0.2) is 36.4 Å². The van der Waals surface area contributed by atoms with Crippen molar-refractivity contribution in [2.24, 2.45) is 0 Å². The van der Waals surface area contributed by atoms with Crippen molar-refractivity contribution in [3.63, 3.8) is 0 Å². The average Bonchev–Trinajstić information content (AvgIpc) is 2.49. The number of phenolic OH excluding ortho intramolecular Hbond substituents is 1. The van der Waals surface area contributed by atoms with E-state index in [4.69, 9.17) is 4.74 Å². The normalized spacial score (nSPS) is 18.9. The molecule has 1 heterocycles. The molecule has 1 amide bonds. The number of morpholine rings is 1. The Balaban J connectivity index is 1.87. The van der Waals surface area contributed by atoms with Crippen LogP contribution in [0.3, 0.4) is 0 Å². The summed E-state index contributed by atoms with van der Waals surface area (Å²) in [5.41, 5.74) is 0.678. The second-order valence-corrected chi connectivity index (χ2v) is 4.73. The third-order valence-corrected chi connectivity index (χ3v) is 3.38. The van der Waals surface area contributed by atoms with Crippen LogP contribution in [0.4, 0.5) is 5.69 Å². The number of hydrogen-bond acceptors (Lipinski definition) is 4. The predicted octanol–water partition coefficient (Wildman–Crippen LogP) is 1.47. The van der Waals surface area contributed by atoms with E-state index in [0.29, 0.717) is 24.2 Å². The SMILES string of the molecule is O=C(Nc1cccc2c(O)cccc12)C1CNCCO1. The lowest BCUT2D eigenvalue weighted by atomic mass is 10.1. The molecule has 5 heteroatoms. The summed E-state index contributed by atoms with van der Waals surface area (Å²) >= 11 is 0. The fraction of sp³-hybridized carbons (Fsp3) is 0.267. The molecular formula is C15H16N2O3. The van der Waals surface area contributed by atoms with Crippen molar-refractivity contribution < 1.29 is 14.6 Å². The number of ether oxygens (including phenoxy) is 1. The molecule has 3 rings (SSSR count). The summed E-state index contributed by atoms with van der Waals surface area (Å²) in [5.74, 6) is 0.0298. The molecule has 1 atom stereocenters. The van der Waals surface area contributed by atoms with Crippen LogP contribution in [-0.2, 0) is 9.53 Å². The lowest BCUT2D eigenvalue weighted by molar-refractivity contribution is -0.128. The number of nitrogens with one attached hydrogen (secondary N) is 2. The Kier molecular flexibility index (Phi) is 3.54. The molecule has 0 radical (unpaired) electrons. The molecule has 1 aliphatic heterocycles. The molecule has 2 aromatic carbocycles. The Labute approximate surface area is 116 Å². The fourth-order valence-electron chi connectivity index (χ4n) is 2.35. The van der Waals surface area contributed by atoms with Gasteiger partial charge in [0.2, 0.25) is 0 Å². The van der Waals surface area contributed by atoms with Crippen molar-refractivity contribution in [3.8, 4) is 5.75 Å². The van der Waals surface area contributed by atoms with E-state index in [2.05, 4.69) is 10.6 Å². The van der Waals surface area contributed by atoms with Crippen molar-refractivity contribution in [1.82, 2.24) is 5.32 Å². The Morgan fingerprint density at radius 1 is 1.25 bits per heavy atom. The number of anilines is 1. The highest BCUT2D eigenvalue weighted by Gasteiger charge is 2.22. The zero-order valence-electron chi connectivity index (χ0n) is 10.9. The highest BCUT2D eigenvalue weighted by molar-refractivity contribution is 6.05. The van der Waals surface area contributed by atoms with Crippen molar-refractivity contribution in [3.05, 3.63) is 36.4 Å². The van der Waals surface area contributed by atoms with E-state index >= 15 is 0 Å². The monoisotopic (exact) mass is 272 g/mol. The number of hydrogen-bond donors (Lipinski definition) is 3. The molecule has 0 aromatic heterocycles. The van der Waals surface area contributed by atoms with Gasteiger partial charge < -0.3 is 20.5 Å². The van der Waals surface area contributed by atoms with E-state index in [9.17, 15) is 9.90 Å². The van der Waals surface area contributed by atoms with E-state index in [1.165, 1.54) is 0 Å². The summed E-state index contributed by atoms with van der Waals surface area (Å²) in [7, 11) is 0. The van der Waals surface area contributed by atoms with Crippen LogP contribution >= 0.6 is 0 Å². The Hall–Kier alpha value is -2.11. The van der Waals surface area contributed by atoms with Gasteiger partial charge in [0, 0.05) is 29.5 Å². The van der Waals surface area contributed by atoms with Gasteiger partial charge in [0.15, 0.2) is 0 Å². The second kappa shape index (κ2) is 5.48. The minimum absolute atomic E-state index is 0.173. The Morgan fingerprint density at radius 3 is 2.85 bits per heavy atom. The summed E-state index contributed by atoms with van der Waals surface area (Å²) in [4.78, 5) is 12.2. The number of benzene rings is 2. The standard InChI is InChI=1S/C15H16N2O3/c18-13-6-2-3-10-11(13)4-1-5-12(10)17-15(19)14-9-16-7-8-20-14/h1-6,14,16,18H,7-9H2,(H,17,19). The van der Waals surface area contributed by atoms with Gasteiger partial charge in [-0.1, -0.05) is 24.3 Å².